The molecule has 0 aliphatic rings. The van der Waals surface area contributed by atoms with Crippen LogP contribution in [0.1, 0.15) is 30.9 Å². The van der Waals surface area contributed by atoms with E-state index in [1.807, 2.05) is 24.3 Å². The molecule has 0 atom stereocenters. The van der Waals surface area contributed by atoms with Crippen molar-refractivity contribution in [3.63, 3.8) is 0 Å². The van der Waals surface area contributed by atoms with Crippen LogP contribution < -0.4 is 5.32 Å². The summed E-state index contributed by atoms with van der Waals surface area (Å²) < 4.78 is 1.03. The number of amides is 1. The highest BCUT2D eigenvalue weighted by Gasteiger charge is 2.03. The molecule has 0 bridgehead atoms. The third-order valence-electron chi connectivity index (χ3n) is 3.22. The van der Waals surface area contributed by atoms with Gasteiger partial charge in [-0.2, -0.15) is 0 Å². The lowest BCUT2D eigenvalue weighted by Crippen LogP contribution is -2.08. The minimum Gasteiger partial charge on any atom is -0.321 e. The van der Waals surface area contributed by atoms with Gasteiger partial charge in [-0.1, -0.05) is 49.7 Å². The Morgan fingerprint density at radius 3 is 2.45 bits per heavy atom. The second-order valence-electron chi connectivity index (χ2n) is 5.27. The Hall–Kier alpha value is -1.33. The summed E-state index contributed by atoms with van der Waals surface area (Å²) in [6.07, 6.45) is 3.30. The molecule has 0 aliphatic heterocycles. The van der Waals surface area contributed by atoms with Crippen molar-refractivity contribution >= 4 is 51.9 Å². The predicted molar refractivity (Wildman–Crippen MR) is 102 cm³/mol. The highest BCUT2D eigenvalue weighted by atomic mass is 127. The number of anilines is 1. The summed E-state index contributed by atoms with van der Waals surface area (Å²) in [6, 6.07) is 13.7. The number of hydrogen-bond donors (Lipinski definition) is 1. The van der Waals surface area contributed by atoms with Gasteiger partial charge in [-0.25, -0.2) is 0 Å². The quantitative estimate of drug-likeness (QED) is 0.492. The first kappa shape index (κ1) is 17.0. The van der Waals surface area contributed by atoms with Gasteiger partial charge >= 0.3 is 0 Å². The van der Waals surface area contributed by atoms with Crippen LogP contribution in [0.4, 0.5) is 5.69 Å². The van der Waals surface area contributed by atoms with E-state index in [0.29, 0.717) is 16.6 Å². The van der Waals surface area contributed by atoms with Crippen LogP contribution in [-0.4, -0.2) is 5.91 Å². The fraction of sp³-hybridized carbons (Fsp3) is 0.167. The molecular weight excluding hydrogens is 409 g/mol. The lowest BCUT2D eigenvalue weighted by Gasteiger charge is -2.06. The smallest absolute Gasteiger partial charge is 0.248 e. The average Bonchev–Trinajstić information content (AvgIpc) is 2.48. The summed E-state index contributed by atoms with van der Waals surface area (Å²) in [7, 11) is 0. The molecule has 0 fully saturated rings. The summed E-state index contributed by atoms with van der Waals surface area (Å²) in [4.78, 5) is 11.9. The summed E-state index contributed by atoms with van der Waals surface area (Å²) in [5.74, 6) is 0.306. The van der Waals surface area contributed by atoms with Crippen LogP contribution in [0.15, 0.2) is 48.5 Å². The molecule has 0 aromatic heterocycles. The Bertz CT molecular complexity index is 693. The fourth-order valence-corrected chi connectivity index (χ4v) is 2.83. The molecule has 22 heavy (non-hydrogen) atoms. The van der Waals surface area contributed by atoms with Gasteiger partial charge in [0.15, 0.2) is 0 Å². The van der Waals surface area contributed by atoms with Gasteiger partial charge in [0.2, 0.25) is 5.91 Å². The van der Waals surface area contributed by atoms with Crippen LogP contribution in [0, 0.1) is 3.57 Å². The van der Waals surface area contributed by atoms with Crippen molar-refractivity contribution in [2.45, 2.75) is 19.8 Å². The topological polar surface area (TPSA) is 29.1 Å². The van der Waals surface area contributed by atoms with Gasteiger partial charge in [-0.05, 0) is 63.9 Å². The zero-order valence-electron chi connectivity index (χ0n) is 12.4. The molecule has 0 aliphatic carbocycles. The van der Waals surface area contributed by atoms with Crippen LogP contribution in [0.25, 0.3) is 6.08 Å². The maximum atomic E-state index is 11.9. The lowest BCUT2D eigenvalue weighted by molar-refractivity contribution is -0.111. The van der Waals surface area contributed by atoms with Crippen molar-refractivity contribution in [3.8, 4) is 0 Å². The highest BCUT2D eigenvalue weighted by Crippen LogP contribution is 2.23. The van der Waals surface area contributed by atoms with Crippen LogP contribution in [0.5, 0.6) is 0 Å². The maximum Gasteiger partial charge on any atom is 0.248 e. The number of nitrogens with one attached hydrogen (secondary N) is 1. The molecule has 2 aromatic carbocycles. The van der Waals surface area contributed by atoms with Crippen molar-refractivity contribution in [1.82, 2.24) is 0 Å². The average molecular weight is 426 g/mol. The van der Waals surface area contributed by atoms with E-state index in [4.69, 9.17) is 11.6 Å². The third kappa shape index (κ3) is 4.85. The Morgan fingerprint density at radius 2 is 1.86 bits per heavy atom. The molecule has 2 rings (SSSR count). The zero-order valence-corrected chi connectivity index (χ0v) is 15.4. The van der Waals surface area contributed by atoms with Crippen molar-refractivity contribution in [1.29, 1.82) is 0 Å². The molecule has 0 radical (unpaired) electrons. The Morgan fingerprint density at radius 1 is 1.18 bits per heavy atom. The van der Waals surface area contributed by atoms with Gasteiger partial charge in [-0.3, -0.25) is 4.79 Å². The van der Waals surface area contributed by atoms with Gasteiger partial charge < -0.3 is 5.32 Å². The Balaban J connectivity index is 2.01. The van der Waals surface area contributed by atoms with Crippen molar-refractivity contribution in [2.24, 2.45) is 0 Å². The Kier molecular flexibility index (Phi) is 6.03. The largest absolute Gasteiger partial charge is 0.321 e. The molecule has 1 N–H and O–H groups in total. The SMILES string of the molecule is CC(C)c1ccc(/C=C\C(=O)Nc2ccc(I)cc2Cl)cc1. The predicted octanol–water partition coefficient (Wildman–Crippen LogP) is 5.72. The molecule has 0 saturated carbocycles. The van der Waals surface area contributed by atoms with Gasteiger partial charge in [0.05, 0.1) is 10.7 Å². The molecule has 0 heterocycles. The van der Waals surface area contributed by atoms with Crippen molar-refractivity contribution in [3.05, 3.63) is 68.3 Å². The van der Waals surface area contributed by atoms with Crippen molar-refractivity contribution < 1.29 is 4.79 Å². The normalized spacial score (nSPS) is 11.1. The monoisotopic (exact) mass is 425 g/mol. The first-order chi connectivity index (χ1) is 10.5. The molecule has 0 saturated heterocycles. The fourth-order valence-electron chi connectivity index (χ4n) is 1.93. The Labute approximate surface area is 149 Å². The summed E-state index contributed by atoms with van der Waals surface area (Å²) >= 11 is 8.27. The summed E-state index contributed by atoms with van der Waals surface area (Å²) in [6.45, 7) is 4.31. The standard InChI is InChI=1S/C18H17ClINO/c1-12(2)14-6-3-13(4-7-14)5-10-18(22)21-17-9-8-15(20)11-16(17)19/h3-12H,1-2H3,(H,21,22)/b10-5-. The van der Waals surface area contributed by atoms with Gasteiger partial charge in [0.1, 0.15) is 0 Å². The zero-order chi connectivity index (χ0) is 16.1. The minimum atomic E-state index is -0.198. The minimum absolute atomic E-state index is 0.198. The van der Waals surface area contributed by atoms with Crippen molar-refractivity contribution in [2.75, 3.05) is 5.32 Å². The first-order valence-corrected chi connectivity index (χ1v) is 8.45. The maximum absolute atomic E-state index is 11.9. The lowest BCUT2D eigenvalue weighted by atomic mass is 10.0. The number of carbonyl (C=O) groups excluding carboxylic acids is 1. The summed E-state index contributed by atoms with van der Waals surface area (Å²) in [5, 5.41) is 3.31. The van der Waals surface area contributed by atoms with E-state index in [-0.39, 0.29) is 5.91 Å². The van der Waals surface area contributed by atoms with Crippen LogP contribution in [0.3, 0.4) is 0 Å². The van der Waals surface area contributed by atoms with E-state index in [1.165, 1.54) is 11.6 Å². The molecular formula is C18H17ClINO. The molecule has 0 spiro atoms. The first-order valence-electron chi connectivity index (χ1n) is 7.00. The van der Waals surface area contributed by atoms with Crippen LogP contribution in [0.2, 0.25) is 5.02 Å². The molecule has 2 nitrogen and oxygen atoms in total. The number of hydrogen-bond acceptors (Lipinski definition) is 1. The van der Waals surface area contributed by atoms with Crippen LogP contribution >= 0.6 is 34.2 Å². The van der Waals surface area contributed by atoms with E-state index in [2.05, 4.69) is 53.9 Å². The third-order valence-corrected chi connectivity index (χ3v) is 4.20. The molecule has 114 valence electrons. The van der Waals surface area contributed by atoms with E-state index < -0.39 is 0 Å². The van der Waals surface area contributed by atoms with Gasteiger partial charge in [0, 0.05) is 9.65 Å². The molecule has 4 heteroatoms. The molecule has 0 unspecified atom stereocenters. The van der Waals surface area contributed by atoms with E-state index in [0.717, 1.165) is 9.13 Å². The number of benzene rings is 2. The highest BCUT2D eigenvalue weighted by molar-refractivity contribution is 14.1. The van der Waals surface area contributed by atoms with Gasteiger partial charge in [-0.15, -0.1) is 0 Å². The van der Waals surface area contributed by atoms with E-state index in [1.54, 1.807) is 12.1 Å². The number of halogens is 2. The second kappa shape index (κ2) is 7.79. The molecule has 1 amide bonds. The summed E-state index contributed by atoms with van der Waals surface area (Å²) in [5.41, 5.74) is 2.90. The number of carbonyl (C=O) groups is 1. The van der Waals surface area contributed by atoms with Gasteiger partial charge in [0.25, 0.3) is 0 Å². The van der Waals surface area contributed by atoms with Crippen LogP contribution in [-0.2, 0) is 4.79 Å². The number of rotatable bonds is 4. The van der Waals surface area contributed by atoms with E-state index >= 15 is 0 Å². The second-order valence-corrected chi connectivity index (χ2v) is 6.92. The van der Waals surface area contributed by atoms with E-state index in [9.17, 15) is 4.79 Å². The molecule has 2 aromatic rings.